The van der Waals surface area contributed by atoms with Gasteiger partial charge in [0.1, 0.15) is 11.4 Å². The Morgan fingerprint density at radius 2 is 1.87 bits per heavy atom. The molecule has 2 bridgehead atoms. The molecule has 212 valence electrons. The van der Waals surface area contributed by atoms with Crippen molar-refractivity contribution < 1.29 is 27.4 Å². The fourth-order valence-electron chi connectivity index (χ4n) is 6.16. The number of hydrogen-bond donors (Lipinski definition) is 0. The molecule has 3 aliphatic rings. The first-order valence-corrected chi connectivity index (χ1v) is 13.8. The van der Waals surface area contributed by atoms with Gasteiger partial charge in [0.05, 0.1) is 25.4 Å². The van der Waals surface area contributed by atoms with Gasteiger partial charge in [0.25, 0.3) is 5.91 Å². The van der Waals surface area contributed by atoms with Crippen molar-refractivity contribution in [2.75, 3.05) is 52.5 Å². The van der Waals surface area contributed by atoms with Gasteiger partial charge in [0, 0.05) is 57.0 Å². The summed E-state index contributed by atoms with van der Waals surface area (Å²) in [5.41, 5.74) is 2.83. The van der Waals surface area contributed by atoms with Crippen LogP contribution in [0.4, 0.5) is 13.2 Å². The highest BCUT2D eigenvalue weighted by molar-refractivity contribution is 5.93. The number of pyridine rings is 1. The molecule has 2 aromatic rings. The van der Waals surface area contributed by atoms with Gasteiger partial charge in [-0.1, -0.05) is 6.07 Å². The molecule has 0 aliphatic carbocycles. The Bertz CT molecular complexity index is 1170. The maximum atomic E-state index is 13.0. The average Bonchev–Trinajstić information content (AvgIpc) is 3.54. The zero-order valence-corrected chi connectivity index (χ0v) is 22.8. The predicted molar refractivity (Wildman–Crippen MR) is 141 cm³/mol. The normalized spacial score (nSPS) is 22.9. The first-order chi connectivity index (χ1) is 18.6. The van der Waals surface area contributed by atoms with E-state index < -0.39 is 11.7 Å². The van der Waals surface area contributed by atoms with Crippen molar-refractivity contribution in [3.05, 3.63) is 58.4 Å². The molecule has 4 heterocycles. The van der Waals surface area contributed by atoms with Gasteiger partial charge in [0.2, 0.25) is 0 Å². The second kappa shape index (κ2) is 11.4. The molecule has 0 radical (unpaired) electrons. The Labute approximate surface area is 227 Å². The number of rotatable bonds is 8. The zero-order valence-electron chi connectivity index (χ0n) is 22.8. The first kappa shape index (κ1) is 27.9. The third-order valence-corrected chi connectivity index (χ3v) is 8.56. The summed E-state index contributed by atoms with van der Waals surface area (Å²) in [5, 5.41) is 0. The van der Waals surface area contributed by atoms with Gasteiger partial charge in [-0.15, -0.1) is 0 Å². The fourth-order valence-corrected chi connectivity index (χ4v) is 6.16. The van der Waals surface area contributed by atoms with Crippen molar-refractivity contribution in [2.45, 2.75) is 57.9 Å². The number of ether oxygens (including phenoxy) is 2. The number of amides is 1. The second-order valence-corrected chi connectivity index (χ2v) is 10.9. The summed E-state index contributed by atoms with van der Waals surface area (Å²) in [4.78, 5) is 23.5. The lowest BCUT2D eigenvalue weighted by molar-refractivity contribution is -0.137. The Kier molecular flexibility index (Phi) is 8.16. The molecule has 3 atom stereocenters. The molecule has 0 saturated carbocycles. The summed E-state index contributed by atoms with van der Waals surface area (Å²) < 4.78 is 50.1. The van der Waals surface area contributed by atoms with E-state index in [4.69, 9.17) is 9.47 Å². The molecule has 0 spiro atoms. The third-order valence-electron chi connectivity index (χ3n) is 8.56. The monoisotopic (exact) mass is 546 g/mol. The molecule has 1 amide bonds. The van der Waals surface area contributed by atoms with E-state index in [0.717, 1.165) is 75.8 Å². The number of hydrogen-bond acceptors (Lipinski definition) is 6. The van der Waals surface area contributed by atoms with E-state index in [1.54, 1.807) is 4.90 Å². The molecule has 3 aliphatic heterocycles. The van der Waals surface area contributed by atoms with Crippen LogP contribution in [-0.2, 0) is 10.9 Å². The summed E-state index contributed by atoms with van der Waals surface area (Å²) in [7, 11) is 0. The lowest BCUT2D eigenvalue weighted by Crippen LogP contribution is -2.49. The molecule has 0 unspecified atom stereocenters. The summed E-state index contributed by atoms with van der Waals surface area (Å²) >= 11 is 0. The second-order valence-electron chi connectivity index (χ2n) is 10.9. The van der Waals surface area contributed by atoms with Gasteiger partial charge < -0.3 is 14.4 Å². The maximum Gasteiger partial charge on any atom is 0.417 e. The highest BCUT2D eigenvalue weighted by Crippen LogP contribution is 2.39. The van der Waals surface area contributed by atoms with E-state index in [2.05, 4.69) is 47.7 Å². The number of aromatic nitrogens is 1. The molecule has 5 rings (SSSR count). The standard InChI is InChI=1S/C29H37F3N4O3/c1-19-20(2)27(39-12-4-9-34-10-13-38-14-11-34)8-6-25(19)21(3)35-17-24-15-23(35)18-36(24)28(37)26-7-5-22(16-33-26)29(30,31)32/h5-8,16,21,23-24H,4,9-15,17-18H2,1-3H3/t21-,23-,24-/m0/s1. The minimum Gasteiger partial charge on any atom is -0.493 e. The summed E-state index contributed by atoms with van der Waals surface area (Å²) in [6.45, 7) is 13.0. The van der Waals surface area contributed by atoms with Gasteiger partial charge in [0.15, 0.2) is 0 Å². The minimum atomic E-state index is -4.47. The number of benzene rings is 1. The average molecular weight is 547 g/mol. The van der Waals surface area contributed by atoms with Crippen LogP contribution >= 0.6 is 0 Å². The molecule has 7 nitrogen and oxygen atoms in total. The first-order valence-electron chi connectivity index (χ1n) is 13.8. The topological polar surface area (TPSA) is 58.1 Å². The number of piperazine rings is 1. The van der Waals surface area contributed by atoms with Crippen LogP contribution < -0.4 is 4.74 Å². The van der Waals surface area contributed by atoms with E-state index in [1.165, 1.54) is 17.2 Å². The number of morpholine rings is 1. The molecule has 0 N–H and O–H groups in total. The molecule has 1 aromatic carbocycles. The van der Waals surface area contributed by atoms with Crippen LogP contribution in [0.5, 0.6) is 5.75 Å². The summed E-state index contributed by atoms with van der Waals surface area (Å²) in [6, 6.07) is 6.75. The molecule has 3 fully saturated rings. The van der Waals surface area contributed by atoms with Gasteiger partial charge in [-0.05, 0) is 68.5 Å². The highest BCUT2D eigenvalue weighted by Gasteiger charge is 2.47. The van der Waals surface area contributed by atoms with E-state index in [0.29, 0.717) is 13.2 Å². The number of carbonyl (C=O) groups is 1. The largest absolute Gasteiger partial charge is 0.493 e. The van der Waals surface area contributed by atoms with Crippen molar-refractivity contribution in [3.8, 4) is 5.75 Å². The number of nitrogens with zero attached hydrogens (tertiary/aromatic N) is 4. The van der Waals surface area contributed by atoms with Crippen molar-refractivity contribution >= 4 is 5.91 Å². The van der Waals surface area contributed by atoms with Crippen molar-refractivity contribution in [2.24, 2.45) is 0 Å². The van der Waals surface area contributed by atoms with Crippen molar-refractivity contribution in [3.63, 3.8) is 0 Å². The predicted octanol–water partition coefficient (Wildman–Crippen LogP) is 4.48. The number of fused-ring (bicyclic) bond motifs is 2. The molecule has 1 aromatic heterocycles. The van der Waals surface area contributed by atoms with Gasteiger partial charge in [-0.2, -0.15) is 13.2 Å². The fraction of sp³-hybridized carbons (Fsp3) is 0.586. The summed E-state index contributed by atoms with van der Waals surface area (Å²) in [6.07, 6.45) is -1.90. The maximum absolute atomic E-state index is 13.0. The van der Waals surface area contributed by atoms with Gasteiger partial charge >= 0.3 is 6.18 Å². The van der Waals surface area contributed by atoms with Crippen LogP contribution in [0.15, 0.2) is 30.5 Å². The van der Waals surface area contributed by atoms with E-state index in [9.17, 15) is 18.0 Å². The van der Waals surface area contributed by atoms with Crippen LogP contribution in [-0.4, -0.2) is 90.2 Å². The smallest absolute Gasteiger partial charge is 0.417 e. The lowest BCUT2D eigenvalue weighted by atomic mass is 9.96. The Hall–Kier alpha value is -2.69. The SMILES string of the molecule is Cc1c(OCCCN2CCOCC2)ccc([C@H](C)N2C[C@@H]3C[C@H]2CN3C(=O)c2ccc(C(F)(F)F)cn2)c1C. The Balaban J connectivity index is 1.16. The van der Waals surface area contributed by atoms with Crippen LogP contribution in [0, 0.1) is 13.8 Å². The summed E-state index contributed by atoms with van der Waals surface area (Å²) in [5.74, 6) is 0.625. The lowest BCUT2D eigenvalue weighted by Gasteiger charge is -2.38. The number of halogens is 3. The van der Waals surface area contributed by atoms with Gasteiger partial charge in [-0.25, -0.2) is 0 Å². The van der Waals surface area contributed by atoms with Crippen LogP contribution in [0.1, 0.15) is 58.5 Å². The van der Waals surface area contributed by atoms with E-state index in [-0.39, 0.29) is 29.7 Å². The molecular weight excluding hydrogens is 509 g/mol. The van der Waals surface area contributed by atoms with Crippen LogP contribution in [0.3, 0.4) is 0 Å². The highest BCUT2D eigenvalue weighted by atomic mass is 19.4. The Morgan fingerprint density at radius 3 is 2.51 bits per heavy atom. The molecule has 10 heteroatoms. The number of likely N-dealkylation sites (tertiary alicyclic amines) is 2. The zero-order chi connectivity index (χ0) is 27.7. The minimum absolute atomic E-state index is 0.0320. The molecule has 39 heavy (non-hydrogen) atoms. The van der Waals surface area contributed by atoms with Crippen LogP contribution in [0.2, 0.25) is 0 Å². The third kappa shape index (κ3) is 5.93. The van der Waals surface area contributed by atoms with E-state index >= 15 is 0 Å². The van der Waals surface area contributed by atoms with Crippen molar-refractivity contribution in [1.29, 1.82) is 0 Å². The Morgan fingerprint density at radius 1 is 1.10 bits per heavy atom. The van der Waals surface area contributed by atoms with E-state index in [1.807, 2.05) is 0 Å². The molecular formula is C29H37F3N4O3. The van der Waals surface area contributed by atoms with Crippen molar-refractivity contribution in [1.82, 2.24) is 19.7 Å². The quantitative estimate of drug-likeness (QED) is 0.456. The molecule has 3 saturated heterocycles. The van der Waals surface area contributed by atoms with Gasteiger partial charge in [-0.3, -0.25) is 19.6 Å². The number of carbonyl (C=O) groups excluding carboxylic acids is 1. The van der Waals surface area contributed by atoms with Crippen LogP contribution in [0.25, 0.3) is 0 Å². The number of alkyl halides is 3.